The number of primary sulfonamides is 1. The van der Waals surface area contributed by atoms with Crippen molar-refractivity contribution in [2.45, 2.75) is 49.9 Å². The van der Waals surface area contributed by atoms with E-state index in [9.17, 15) is 8.42 Å². The number of aromatic nitrogens is 3. The average molecular weight is 274 g/mol. The summed E-state index contributed by atoms with van der Waals surface area (Å²) in [5.41, 5.74) is -0.654. The molecule has 1 unspecified atom stereocenters. The molecule has 1 atom stereocenters. The normalized spacial score (nSPS) is 19.8. The van der Waals surface area contributed by atoms with Gasteiger partial charge in [0.05, 0.1) is 0 Å². The Bertz CT molecular complexity index is 543. The predicted octanol–water partition coefficient (Wildman–Crippen LogP) is 0.532. The van der Waals surface area contributed by atoms with E-state index in [0.717, 1.165) is 12.8 Å². The van der Waals surface area contributed by atoms with Gasteiger partial charge < -0.3 is 4.74 Å². The van der Waals surface area contributed by atoms with Gasteiger partial charge in [0.15, 0.2) is 5.82 Å². The van der Waals surface area contributed by atoms with Crippen LogP contribution >= 0.6 is 0 Å². The van der Waals surface area contributed by atoms with Crippen molar-refractivity contribution in [3.05, 3.63) is 5.82 Å². The van der Waals surface area contributed by atoms with Crippen LogP contribution in [0, 0.1) is 0 Å². The minimum Gasteiger partial charge on any atom is -0.371 e. The van der Waals surface area contributed by atoms with Gasteiger partial charge in [-0.1, -0.05) is 6.92 Å². The lowest BCUT2D eigenvalue weighted by molar-refractivity contribution is -0.0125. The number of hydrogen-bond donors (Lipinski definition) is 1. The summed E-state index contributed by atoms with van der Waals surface area (Å²) in [5, 5.41) is 12.7. The highest BCUT2D eigenvalue weighted by atomic mass is 32.2. The Balaban J connectivity index is 2.59. The van der Waals surface area contributed by atoms with Crippen LogP contribution in [0.2, 0.25) is 0 Å². The van der Waals surface area contributed by atoms with Crippen molar-refractivity contribution in [3.63, 3.8) is 0 Å². The van der Waals surface area contributed by atoms with Crippen LogP contribution in [0.3, 0.4) is 0 Å². The van der Waals surface area contributed by atoms with Crippen LogP contribution in [0.4, 0.5) is 0 Å². The van der Waals surface area contributed by atoms with Gasteiger partial charge in [-0.2, -0.15) is 0 Å². The Morgan fingerprint density at radius 2 is 2.11 bits per heavy atom. The maximum Gasteiger partial charge on any atom is 0.273 e. The molecule has 1 heterocycles. The molecule has 1 fully saturated rings. The molecule has 0 aliphatic heterocycles. The number of nitrogens with two attached hydrogens (primary N) is 1. The summed E-state index contributed by atoms with van der Waals surface area (Å²) >= 11 is 0. The first-order valence-electron chi connectivity index (χ1n) is 5.87. The smallest absolute Gasteiger partial charge is 0.273 e. The van der Waals surface area contributed by atoms with Crippen LogP contribution in [0.15, 0.2) is 5.16 Å². The van der Waals surface area contributed by atoms with Gasteiger partial charge in [-0.3, -0.25) is 4.57 Å². The second-order valence-corrected chi connectivity index (χ2v) is 6.20. The zero-order valence-corrected chi connectivity index (χ0v) is 11.6. The predicted molar refractivity (Wildman–Crippen MR) is 64.3 cm³/mol. The monoisotopic (exact) mass is 274 g/mol. The summed E-state index contributed by atoms with van der Waals surface area (Å²) in [4.78, 5) is 0. The molecule has 1 aromatic heterocycles. The molecule has 0 saturated heterocycles. The van der Waals surface area contributed by atoms with Crippen LogP contribution < -0.4 is 5.14 Å². The van der Waals surface area contributed by atoms with Crippen LogP contribution in [0.5, 0.6) is 0 Å². The van der Waals surface area contributed by atoms with Gasteiger partial charge in [-0.25, -0.2) is 13.6 Å². The van der Waals surface area contributed by atoms with Crippen molar-refractivity contribution < 1.29 is 13.2 Å². The third-order valence-corrected chi connectivity index (χ3v) is 4.22. The van der Waals surface area contributed by atoms with E-state index < -0.39 is 15.6 Å². The van der Waals surface area contributed by atoms with Crippen molar-refractivity contribution in [1.29, 1.82) is 0 Å². The molecule has 1 aliphatic rings. The minimum absolute atomic E-state index is 0.115. The highest BCUT2D eigenvalue weighted by molar-refractivity contribution is 7.89. The average Bonchev–Trinajstić information content (AvgIpc) is 3.05. The Hall–Kier alpha value is -0.990. The van der Waals surface area contributed by atoms with Crippen LogP contribution in [0.1, 0.15) is 45.0 Å². The highest BCUT2D eigenvalue weighted by Crippen LogP contribution is 2.40. The van der Waals surface area contributed by atoms with Crippen molar-refractivity contribution in [1.82, 2.24) is 14.8 Å². The van der Waals surface area contributed by atoms with E-state index in [0.29, 0.717) is 12.2 Å². The topological polar surface area (TPSA) is 100 Å². The fourth-order valence-electron chi connectivity index (χ4n) is 1.89. The maximum absolute atomic E-state index is 11.5. The molecule has 1 aromatic rings. The first kappa shape index (κ1) is 13.4. The van der Waals surface area contributed by atoms with Gasteiger partial charge in [-0.05, 0) is 26.2 Å². The van der Waals surface area contributed by atoms with E-state index in [2.05, 4.69) is 10.2 Å². The fraction of sp³-hybridized carbons (Fsp3) is 0.800. The molecule has 0 spiro atoms. The van der Waals surface area contributed by atoms with Gasteiger partial charge in [0.2, 0.25) is 0 Å². The first-order chi connectivity index (χ1) is 8.33. The van der Waals surface area contributed by atoms with E-state index in [4.69, 9.17) is 9.88 Å². The van der Waals surface area contributed by atoms with Crippen molar-refractivity contribution in [3.8, 4) is 0 Å². The number of methoxy groups -OCH3 is 1. The van der Waals surface area contributed by atoms with Crippen molar-refractivity contribution in [2.24, 2.45) is 5.14 Å². The zero-order chi connectivity index (χ0) is 13.6. The number of hydrogen-bond acceptors (Lipinski definition) is 5. The van der Waals surface area contributed by atoms with Gasteiger partial charge in [-0.15, -0.1) is 10.2 Å². The summed E-state index contributed by atoms with van der Waals surface area (Å²) in [6.07, 6.45) is 2.49. The summed E-state index contributed by atoms with van der Waals surface area (Å²) in [6, 6.07) is 0.115. The number of rotatable bonds is 5. The molecular weight excluding hydrogens is 256 g/mol. The molecule has 0 radical (unpaired) electrons. The molecule has 0 bridgehead atoms. The zero-order valence-electron chi connectivity index (χ0n) is 10.8. The fourth-order valence-corrected chi connectivity index (χ4v) is 2.55. The van der Waals surface area contributed by atoms with Crippen LogP contribution in [0.25, 0.3) is 0 Å². The third kappa shape index (κ3) is 2.15. The standard InChI is InChI=1S/C10H18N4O3S/c1-4-10(2,17-3)8-12-13-9(18(11,15)16)14(8)7-5-6-7/h7H,4-6H2,1-3H3,(H2,11,15,16). The summed E-state index contributed by atoms with van der Waals surface area (Å²) < 4.78 is 30.1. The van der Waals surface area contributed by atoms with Crippen LogP contribution in [-0.2, 0) is 20.4 Å². The molecule has 8 heteroatoms. The number of nitrogens with zero attached hydrogens (tertiary/aromatic N) is 3. The first-order valence-corrected chi connectivity index (χ1v) is 7.41. The van der Waals surface area contributed by atoms with Crippen molar-refractivity contribution in [2.75, 3.05) is 7.11 Å². The van der Waals surface area contributed by atoms with E-state index in [1.165, 1.54) is 0 Å². The largest absolute Gasteiger partial charge is 0.371 e. The van der Waals surface area contributed by atoms with E-state index in [1.807, 2.05) is 13.8 Å². The van der Waals surface area contributed by atoms with E-state index >= 15 is 0 Å². The molecule has 1 saturated carbocycles. The molecule has 1 aliphatic carbocycles. The SMILES string of the molecule is CCC(C)(OC)c1nnc(S(N)(=O)=O)n1C1CC1. The molecule has 2 rings (SSSR count). The molecule has 0 aromatic carbocycles. The summed E-state index contributed by atoms with van der Waals surface area (Å²) in [5.74, 6) is 0.527. The van der Waals surface area contributed by atoms with Gasteiger partial charge in [0, 0.05) is 13.2 Å². The number of sulfonamides is 1. The quantitative estimate of drug-likeness (QED) is 0.844. The lowest BCUT2D eigenvalue weighted by Gasteiger charge is -2.26. The summed E-state index contributed by atoms with van der Waals surface area (Å²) in [6.45, 7) is 3.81. The third-order valence-electron chi connectivity index (χ3n) is 3.43. The second kappa shape index (κ2) is 4.29. The summed E-state index contributed by atoms with van der Waals surface area (Å²) in [7, 11) is -2.29. The molecule has 0 amide bonds. The second-order valence-electron chi connectivity index (χ2n) is 4.74. The van der Waals surface area contributed by atoms with E-state index in [-0.39, 0.29) is 11.2 Å². The van der Waals surface area contributed by atoms with Gasteiger partial charge >= 0.3 is 0 Å². The molecule has 102 valence electrons. The Labute approximate surface area is 106 Å². The van der Waals surface area contributed by atoms with E-state index in [1.54, 1.807) is 11.7 Å². The lowest BCUT2D eigenvalue weighted by atomic mass is 10.0. The van der Waals surface area contributed by atoms with Crippen molar-refractivity contribution >= 4 is 10.0 Å². The minimum atomic E-state index is -3.86. The maximum atomic E-state index is 11.5. The molecule has 2 N–H and O–H groups in total. The highest BCUT2D eigenvalue weighted by Gasteiger charge is 2.39. The molecular formula is C10H18N4O3S. The molecule has 7 nitrogen and oxygen atoms in total. The Morgan fingerprint density at radius 1 is 1.50 bits per heavy atom. The number of ether oxygens (including phenoxy) is 1. The Kier molecular flexibility index (Phi) is 3.20. The Morgan fingerprint density at radius 3 is 2.50 bits per heavy atom. The van der Waals surface area contributed by atoms with Gasteiger partial charge in [0.1, 0.15) is 5.60 Å². The lowest BCUT2D eigenvalue weighted by Crippen LogP contribution is -2.29. The molecule has 18 heavy (non-hydrogen) atoms. The van der Waals surface area contributed by atoms with Crippen LogP contribution in [-0.4, -0.2) is 30.3 Å². The van der Waals surface area contributed by atoms with Gasteiger partial charge in [0.25, 0.3) is 15.2 Å².